The first-order valence-corrected chi connectivity index (χ1v) is 8.06. The molecule has 0 atom stereocenters. The van der Waals surface area contributed by atoms with Crippen molar-refractivity contribution in [1.29, 1.82) is 0 Å². The van der Waals surface area contributed by atoms with Crippen molar-refractivity contribution in [3.8, 4) is 11.5 Å². The number of ether oxygens (including phenoxy) is 2. The van der Waals surface area contributed by atoms with Crippen LogP contribution in [0.1, 0.15) is 10.4 Å². The first-order chi connectivity index (χ1) is 11.5. The van der Waals surface area contributed by atoms with Crippen LogP contribution in [0.25, 0.3) is 0 Å². The smallest absolute Gasteiger partial charge is 0.255 e. The van der Waals surface area contributed by atoms with E-state index in [2.05, 4.69) is 5.32 Å². The topological polar surface area (TPSA) is 90.6 Å². The maximum Gasteiger partial charge on any atom is 0.255 e. The molecule has 0 aliphatic carbocycles. The molecule has 3 N–H and O–H groups in total. The van der Waals surface area contributed by atoms with Crippen LogP contribution >= 0.6 is 11.8 Å². The third kappa shape index (κ3) is 4.66. The summed E-state index contributed by atoms with van der Waals surface area (Å²) in [5.41, 5.74) is 6.21. The van der Waals surface area contributed by atoms with Gasteiger partial charge in [-0.1, -0.05) is 6.07 Å². The van der Waals surface area contributed by atoms with Crippen molar-refractivity contribution < 1.29 is 19.1 Å². The summed E-state index contributed by atoms with van der Waals surface area (Å²) in [6.07, 6.45) is 0. The first kappa shape index (κ1) is 17.7. The Morgan fingerprint density at radius 2 is 1.83 bits per heavy atom. The number of benzene rings is 2. The summed E-state index contributed by atoms with van der Waals surface area (Å²) < 4.78 is 10.4. The second kappa shape index (κ2) is 8.26. The van der Waals surface area contributed by atoms with Crippen molar-refractivity contribution in [2.75, 3.05) is 25.3 Å². The summed E-state index contributed by atoms with van der Waals surface area (Å²) in [7, 11) is 3.05. The number of primary amides is 1. The minimum absolute atomic E-state index is 0.188. The quantitative estimate of drug-likeness (QED) is 0.752. The van der Waals surface area contributed by atoms with E-state index in [1.807, 2.05) is 6.07 Å². The Balaban J connectivity index is 2.12. The molecule has 0 fully saturated rings. The van der Waals surface area contributed by atoms with Gasteiger partial charge in [0.15, 0.2) is 11.5 Å². The molecule has 0 saturated carbocycles. The number of anilines is 1. The number of nitrogens with one attached hydrogen (secondary N) is 1. The molecule has 126 valence electrons. The second-order valence-corrected chi connectivity index (χ2v) is 5.86. The van der Waals surface area contributed by atoms with Crippen molar-refractivity contribution in [3.63, 3.8) is 0 Å². The Labute approximate surface area is 144 Å². The molecule has 0 aliphatic heterocycles. The number of amides is 2. The summed E-state index contributed by atoms with van der Waals surface area (Å²) in [6, 6.07) is 12.1. The number of thioether (sulfide) groups is 1. The van der Waals surface area contributed by atoms with Gasteiger partial charge in [0.1, 0.15) is 0 Å². The summed E-state index contributed by atoms with van der Waals surface area (Å²) in [6.45, 7) is 0. The van der Waals surface area contributed by atoms with E-state index >= 15 is 0 Å². The first-order valence-electron chi connectivity index (χ1n) is 7.08. The number of nitrogens with two attached hydrogens (primary N) is 1. The van der Waals surface area contributed by atoms with Crippen molar-refractivity contribution in [3.05, 3.63) is 48.0 Å². The van der Waals surface area contributed by atoms with Crippen molar-refractivity contribution >= 4 is 29.3 Å². The standard InChI is InChI=1S/C17H18N2O4S/c1-22-14-7-6-11(8-15(14)23-2)17(21)19-12-4-3-5-13(9-12)24-10-16(18)20/h3-9H,10H2,1-2H3,(H2,18,20)(H,19,21). The largest absolute Gasteiger partial charge is 0.493 e. The fourth-order valence-electron chi connectivity index (χ4n) is 2.00. The minimum atomic E-state index is -0.389. The molecule has 0 unspecified atom stereocenters. The highest BCUT2D eigenvalue weighted by molar-refractivity contribution is 8.00. The Morgan fingerprint density at radius 1 is 1.08 bits per heavy atom. The third-order valence-electron chi connectivity index (χ3n) is 3.12. The predicted molar refractivity (Wildman–Crippen MR) is 93.9 cm³/mol. The highest BCUT2D eigenvalue weighted by Crippen LogP contribution is 2.28. The van der Waals surface area contributed by atoms with Gasteiger partial charge in [-0.05, 0) is 36.4 Å². The molecule has 7 heteroatoms. The van der Waals surface area contributed by atoms with E-state index in [0.29, 0.717) is 22.7 Å². The maximum atomic E-state index is 12.4. The molecule has 0 saturated heterocycles. The van der Waals surface area contributed by atoms with Crippen LogP contribution in [0.15, 0.2) is 47.4 Å². The Hall–Kier alpha value is -2.67. The van der Waals surface area contributed by atoms with Gasteiger partial charge >= 0.3 is 0 Å². The molecule has 2 aromatic carbocycles. The zero-order valence-electron chi connectivity index (χ0n) is 13.4. The molecule has 0 bridgehead atoms. The molecule has 2 amide bonds. The lowest BCUT2D eigenvalue weighted by Gasteiger charge is -2.10. The number of hydrogen-bond donors (Lipinski definition) is 2. The van der Waals surface area contributed by atoms with Gasteiger partial charge in [-0.15, -0.1) is 11.8 Å². The molecule has 0 heterocycles. The number of carbonyl (C=O) groups excluding carboxylic acids is 2. The highest BCUT2D eigenvalue weighted by atomic mass is 32.2. The average molecular weight is 346 g/mol. The van der Waals surface area contributed by atoms with Crippen molar-refractivity contribution in [2.24, 2.45) is 5.73 Å². The van der Waals surface area contributed by atoms with Crippen LogP contribution in [0.5, 0.6) is 11.5 Å². The number of hydrogen-bond acceptors (Lipinski definition) is 5. The molecule has 0 spiro atoms. The summed E-state index contributed by atoms with van der Waals surface area (Å²) in [4.78, 5) is 24.1. The maximum absolute atomic E-state index is 12.4. The van der Waals surface area contributed by atoms with E-state index in [-0.39, 0.29) is 17.6 Å². The third-order valence-corrected chi connectivity index (χ3v) is 4.13. The lowest BCUT2D eigenvalue weighted by Crippen LogP contribution is -2.13. The summed E-state index contributed by atoms with van der Waals surface area (Å²) in [5.74, 6) is 0.565. The SMILES string of the molecule is COc1ccc(C(=O)Nc2cccc(SCC(N)=O)c2)cc1OC. The molecule has 2 aromatic rings. The van der Waals surface area contributed by atoms with Gasteiger partial charge in [0.25, 0.3) is 5.91 Å². The molecule has 6 nitrogen and oxygen atoms in total. The van der Waals surface area contributed by atoms with Crippen LogP contribution in [-0.4, -0.2) is 31.8 Å². The van der Waals surface area contributed by atoms with Crippen LogP contribution in [0.2, 0.25) is 0 Å². The Bertz CT molecular complexity index is 749. The van der Waals surface area contributed by atoms with Gasteiger partial charge in [0.05, 0.1) is 20.0 Å². The van der Waals surface area contributed by atoms with Crippen molar-refractivity contribution in [2.45, 2.75) is 4.90 Å². The molecule has 2 rings (SSSR count). The van der Waals surface area contributed by atoms with Crippen LogP contribution < -0.4 is 20.5 Å². The number of rotatable bonds is 7. The van der Waals surface area contributed by atoms with Gasteiger partial charge in [-0.2, -0.15) is 0 Å². The van der Waals surface area contributed by atoms with Crippen LogP contribution in [-0.2, 0) is 4.79 Å². The van der Waals surface area contributed by atoms with Crippen LogP contribution in [0.3, 0.4) is 0 Å². The van der Waals surface area contributed by atoms with Gasteiger partial charge in [-0.25, -0.2) is 0 Å². The minimum Gasteiger partial charge on any atom is -0.493 e. The fourth-order valence-corrected chi connectivity index (χ4v) is 2.69. The lowest BCUT2D eigenvalue weighted by atomic mass is 10.2. The summed E-state index contributed by atoms with van der Waals surface area (Å²) in [5, 5.41) is 2.81. The van der Waals surface area contributed by atoms with E-state index < -0.39 is 0 Å². The van der Waals surface area contributed by atoms with Crippen LogP contribution in [0, 0.1) is 0 Å². The van der Waals surface area contributed by atoms with E-state index in [9.17, 15) is 9.59 Å². The monoisotopic (exact) mass is 346 g/mol. The zero-order valence-corrected chi connectivity index (χ0v) is 14.2. The van der Waals surface area contributed by atoms with E-state index in [0.717, 1.165) is 4.90 Å². The zero-order chi connectivity index (χ0) is 17.5. The van der Waals surface area contributed by atoms with Crippen molar-refractivity contribution in [1.82, 2.24) is 0 Å². The normalized spacial score (nSPS) is 10.1. The Kier molecular flexibility index (Phi) is 6.08. The van der Waals surface area contributed by atoms with Gasteiger partial charge in [0.2, 0.25) is 5.91 Å². The molecule has 24 heavy (non-hydrogen) atoms. The molecule has 0 aromatic heterocycles. The average Bonchev–Trinajstić information content (AvgIpc) is 2.59. The molecular weight excluding hydrogens is 328 g/mol. The van der Waals surface area contributed by atoms with E-state index in [4.69, 9.17) is 15.2 Å². The fraction of sp³-hybridized carbons (Fsp3) is 0.176. The van der Waals surface area contributed by atoms with Crippen LogP contribution in [0.4, 0.5) is 5.69 Å². The lowest BCUT2D eigenvalue weighted by molar-refractivity contribution is -0.115. The molecule has 0 aliphatic rings. The predicted octanol–water partition coefficient (Wildman–Crippen LogP) is 2.53. The molecular formula is C17H18N2O4S. The number of carbonyl (C=O) groups is 2. The number of methoxy groups -OCH3 is 2. The Morgan fingerprint density at radius 3 is 2.50 bits per heavy atom. The van der Waals surface area contributed by atoms with Gasteiger partial charge in [0, 0.05) is 16.1 Å². The summed E-state index contributed by atoms with van der Waals surface area (Å²) >= 11 is 1.31. The highest BCUT2D eigenvalue weighted by Gasteiger charge is 2.11. The van der Waals surface area contributed by atoms with Gasteiger partial charge < -0.3 is 20.5 Å². The van der Waals surface area contributed by atoms with Gasteiger partial charge in [-0.3, -0.25) is 9.59 Å². The second-order valence-electron chi connectivity index (χ2n) is 4.81. The van der Waals surface area contributed by atoms with E-state index in [1.54, 1.807) is 36.4 Å². The van der Waals surface area contributed by atoms with E-state index in [1.165, 1.54) is 26.0 Å². The molecule has 0 radical (unpaired) electrons.